The highest BCUT2D eigenvalue weighted by molar-refractivity contribution is 9.10. The van der Waals surface area contributed by atoms with E-state index in [1.54, 1.807) is 10.9 Å². The van der Waals surface area contributed by atoms with Crippen molar-refractivity contribution in [1.29, 1.82) is 0 Å². The molecule has 2 aromatic rings. The molecule has 2 rings (SSSR count). The smallest absolute Gasteiger partial charge is 0.211 e. The fraction of sp³-hybridized carbons (Fsp3) is 0.250. The lowest BCUT2D eigenvalue weighted by Crippen LogP contribution is -1.92. The lowest BCUT2D eigenvalue weighted by atomic mass is 10.6. The maximum absolute atomic E-state index is 5.30. The first kappa shape index (κ1) is 9.67. The maximum Gasteiger partial charge on any atom is 0.211 e. The largest absolute Gasteiger partial charge is 0.491 e. The van der Waals surface area contributed by atoms with Gasteiger partial charge in [-0.1, -0.05) is 0 Å². The number of nitrogens with zero attached hydrogens (tertiary/aromatic N) is 3. The number of thiazole rings is 1. The van der Waals surface area contributed by atoms with Gasteiger partial charge in [0.1, 0.15) is 4.60 Å². The molecule has 0 aliphatic heterocycles. The van der Waals surface area contributed by atoms with E-state index in [2.05, 4.69) is 26.0 Å². The van der Waals surface area contributed by atoms with E-state index >= 15 is 0 Å². The molecule has 74 valence electrons. The molecule has 0 N–H and O–H groups in total. The van der Waals surface area contributed by atoms with Crippen LogP contribution in [0.1, 0.15) is 6.92 Å². The quantitative estimate of drug-likeness (QED) is 0.863. The Labute approximate surface area is 93.7 Å². The Bertz CT molecular complexity index is 426. The van der Waals surface area contributed by atoms with Crippen molar-refractivity contribution in [2.24, 2.45) is 0 Å². The number of hydrogen-bond donors (Lipinski definition) is 0. The van der Waals surface area contributed by atoms with Gasteiger partial charge in [0.2, 0.25) is 5.13 Å². The molecule has 0 aliphatic carbocycles. The molecule has 0 bridgehead atoms. The molecule has 0 saturated carbocycles. The summed E-state index contributed by atoms with van der Waals surface area (Å²) in [5.74, 6) is 0.763. The van der Waals surface area contributed by atoms with Crippen LogP contribution in [0.15, 0.2) is 22.4 Å². The molecule has 0 radical (unpaired) electrons. The Kier molecular flexibility index (Phi) is 2.83. The average molecular weight is 274 g/mol. The SMILES string of the molecule is CCOc1cnn(-c2nc(Br)cs2)c1. The molecule has 0 aliphatic rings. The molecule has 0 aromatic carbocycles. The van der Waals surface area contributed by atoms with Gasteiger partial charge in [-0.05, 0) is 22.9 Å². The van der Waals surface area contributed by atoms with Crippen molar-refractivity contribution < 1.29 is 4.74 Å². The first-order valence-corrected chi connectivity index (χ1v) is 5.75. The number of aromatic nitrogens is 3. The predicted octanol–water partition coefficient (Wildman–Crippen LogP) is 2.49. The van der Waals surface area contributed by atoms with Gasteiger partial charge in [0, 0.05) is 5.38 Å². The van der Waals surface area contributed by atoms with Crippen molar-refractivity contribution in [2.45, 2.75) is 6.92 Å². The monoisotopic (exact) mass is 273 g/mol. The van der Waals surface area contributed by atoms with Gasteiger partial charge in [0.15, 0.2) is 5.75 Å². The Hall–Kier alpha value is -0.880. The molecular weight excluding hydrogens is 266 g/mol. The lowest BCUT2D eigenvalue weighted by Gasteiger charge is -1.95. The van der Waals surface area contributed by atoms with Gasteiger partial charge in [0.05, 0.1) is 19.0 Å². The second-order valence-corrected chi connectivity index (χ2v) is 4.16. The summed E-state index contributed by atoms with van der Waals surface area (Å²) < 4.78 is 7.82. The Morgan fingerprint density at radius 2 is 2.50 bits per heavy atom. The first-order valence-electron chi connectivity index (χ1n) is 4.08. The number of ether oxygens (including phenoxy) is 1. The van der Waals surface area contributed by atoms with Gasteiger partial charge in [0.25, 0.3) is 0 Å². The van der Waals surface area contributed by atoms with Crippen LogP contribution in [0, 0.1) is 0 Å². The van der Waals surface area contributed by atoms with Crippen molar-refractivity contribution in [3.8, 4) is 10.9 Å². The maximum atomic E-state index is 5.30. The van der Waals surface area contributed by atoms with E-state index in [4.69, 9.17) is 4.74 Å². The predicted molar refractivity (Wildman–Crippen MR) is 58.1 cm³/mol. The van der Waals surface area contributed by atoms with Gasteiger partial charge in [-0.25, -0.2) is 9.67 Å². The summed E-state index contributed by atoms with van der Waals surface area (Å²) in [4.78, 5) is 4.23. The van der Waals surface area contributed by atoms with Crippen LogP contribution in [-0.2, 0) is 0 Å². The molecule has 0 spiro atoms. The van der Waals surface area contributed by atoms with Crippen LogP contribution in [-0.4, -0.2) is 21.4 Å². The van der Waals surface area contributed by atoms with E-state index < -0.39 is 0 Å². The topological polar surface area (TPSA) is 39.9 Å². The summed E-state index contributed by atoms with van der Waals surface area (Å²) in [7, 11) is 0. The van der Waals surface area contributed by atoms with Gasteiger partial charge in [-0.2, -0.15) is 5.10 Å². The molecule has 0 fully saturated rings. The van der Waals surface area contributed by atoms with Crippen LogP contribution < -0.4 is 4.74 Å². The lowest BCUT2D eigenvalue weighted by molar-refractivity contribution is 0.340. The van der Waals surface area contributed by atoms with Gasteiger partial charge >= 0.3 is 0 Å². The van der Waals surface area contributed by atoms with Gasteiger partial charge in [-0.15, -0.1) is 11.3 Å². The molecule has 0 atom stereocenters. The van der Waals surface area contributed by atoms with E-state index in [0.717, 1.165) is 15.5 Å². The molecule has 2 aromatic heterocycles. The Balaban J connectivity index is 2.24. The van der Waals surface area contributed by atoms with E-state index in [-0.39, 0.29) is 0 Å². The van der Waals surface area contributed by atoms with Crippen LogP contribution in [0.3, 0.4) is 0 Å². The average Bonchev–Trinajstić information content (AvgIpc) is 2.74. The normalized spacial score (nSPS) is 10.4. The summed E-state index contributed by atoms with van der Waals surface area (Å²) in [5, 5.41) is 6.87. The fourth-order valence-electron chi connectivity index (χ4n) is 1.00. The van der Waals surface area contributed by atoms with Gasteiger partial charge < -0.3 is 4.74 Å². The standard InChI is InChI=1S/C8H8BrN3OS/c1-2-13-6-3-10-12(4-6)8-11-7(9)5-14-8/h3-5H,2H2,1H3. The zero-order valence-electron chi connectivity index (χ0n) is 7.48. The molecule has 0 saturated heterocycles. The van der Waals surface area contributed by atoms with Crippen molar-refractivity contribution in [1.82, 2.24) is 14.8 Å². The molecule has 0 unspecified atom stereocenters. The Morgan fingerprint density at radius 3 is 3.14 bits per heavy atom. The minimum absolute atomic E-state index is 0.646. The van der Waals surface area contributed by atoms with Crippen LogP contribution in [0.2, 0.25) is 0 Å². The zero-order chi connectivity index (χ0) is 9.97. The summed E-state index contributed by atoms with van der Waals surface area (Å²) >= 11 is 4.81. The molecule has 4 nitrogen and oxygen atoms in total. The van der Waals surface area contributed by atoms with Crippen molar-refractivity contribution in [3.63, 3.8) is 0 Å². The second kappa shape index (κ2) is 4.10. The van der Waals surface area contributed by atoms with Gasteiger partial charge in [-0.3, -0.25) is 0 Å². The number of hydrogen-bond acceptors (Lipinski definition) is 4. The third-order valence-electron chi connectivity index (χ3n) is 1.53. The molecule has 2 heterocycles. The zero-order valence-corrected chi connectivity index (χ0v) is 9.88. The second-order valence-electron chi connectivity index (χ2n) is 2.51. The van der Waals surface area contributed by atoms with Crippen molar-refractivity contribution in [2.75, 3.05) is 6.61 Å². The fourth-order valence-corrected chi connectivity index (χ4v) is 2.18. The minimum atomic E-state index is 0.646. The number of rotatable bonds is 3. The molecule has 0 amide bonds. The van der Waals surface area contributed by atoms with E-state index in [1.807, 2.05) is 18.5 Å². The first-order chi connectivity index (χ1) is 6.79. The summed E-state index contributed by atoms with van der Waals surface area (Å²) in [6.45, 7) is 2.59. The van der Waals surface area contributed by atoms with Crippen LogP contribution in [0.4, 0.5) is 0 Å². The summed E-state index contributed by atoms with van der Waals surface area (Å²) in [5.41, 5.74) is 0. The van der Waals surface area contributed by atoms with E-state index in [0.29, 0.717) is 6.61 Å². The minimum Gasteiger partial charge on any atom is -0.491 e. The van der Waals surface area contributed by atoms with Crippen LogP contribution >= 0.6 is 27.3 Å². The highest BCUT2D eigenvalue weighted by Gasteiger charge is 2.04. The van der Waals surface area contributed by atoms with Crippen LogP contribution in [0.25, 0.3) is 5.13 Å². The van der Waals surface area contributed by atoms with Crippen LogP contribution in [0.5, 0.6) is 5.75 Å². The van der Waals surface area contributed by atoms with E-state index in [1.165, 1.54) is 11.3 Å². The summed E-state index contributed by atoms with van der Waals surface area (Å²) in [6.07, 6.45) is 3.49. The van der Waals surface area contributed by atoms with Crippen molar-refractivity contribution >= 4 is 27.3 Å². The van der Waals surface area contributed by atoms with E-state index in [9.17, 15) is 0 Å². The highest BCUT2D eigenvalue weighted by Crippen LogP contribution is 2.20. The molecular formula is C8H8BrN3OS. The third kappa shape index (κ3) is 1.96. The summed E-state index contributed by atoms with van der Waals surface area (Å²) in [6, 6.07) is 0. The third-order valence-corrected chi connectivity index (χ3v) is 3.07. The van der Waals surface area contributed by atoms with Crippen molar-refractivity contribution in [3.05, 3.63) is 22.4 Å². The number of halogens is 1. The Morgan fingerprint density at radius 1 is 1.64 bits per heavy atom. The molecule has 14 heavy (non-hydrogen) atoms. The molecule has 6 heteroatoms. The highest BCUT2D eigenvalue weighted by atomic mass is 79.9.